The Bertz CT molecular complexity index is 1050. The van der Waals surface area contributed by atoms with Crippen molar-refractivity contribution in [1.29, 1.82) is 0 Å². The molecule has 1 heteroatoms. The first kappa shape index (κ1) is 15.2. The Kier molecular flexibility index (Phi) is 4.05. The highest BCUT2D eigenvalue weighted by Crippen LogP contribution is 2.23. The quantitative estimate of drug-likeness (QED) is 0.321. The van der Waals surface area contributed by atoms with Gasteiger partial charge in [-0.3, -0.25) is 0 Å². The maximum absolute atomic E-state index is 9.37. The topological polar surface area (TPSA) is 20.2 Å². The van der Waals surface area contributed by atoms with Gasteiger partial charge in [0.05, 0.1) is 0 Å². The molecule has 0 saturated carbocycles. The molecule has 5 rings (SSSR count). The fourth-order valence-electron chi connectivity index (χ4n) is 3.09. The van der Waals surface area contributed by atoms with Crippen molar-refractivity contribution in [3.63, 3.8) is 0 Å². The molecule has 0 radical (unpaired) electrons. The van der Waals surface area contributed by atoms with Crippen LogP contribution in [0.5, 0.6) is 5.75 Å². The lowest BCUT2D eigenvalue weighted by Crippen LogP contribution is -1.74. The molecule has 0 aliphatic carbocycles. The second-order valence-corrected chi connectivity index (χ2v) is 6.04. The number of phenols is 1. The molecule has 0 spiro atoms. The van der Waals surface area contributed by atoms with Crippen LogP contribution in [0.15, 0.2) is 103 Å². The van der Waals surface area contributed by atoms with Crippen LogP contribution >= 0.6 is 0 Å². The van der Waals surface area contributed by atoms with Crippen LogP contribution in [0.4, 0.5) is 0 Å². The fraction of sp³-hybridized carbons (Fsp3) is 0. The number of hydrogen-bond donors (Lipinski definition) is 1. The minimum atomic E-state index is 0.350. The van der Waals surface area contributed by atoms with Gasteiger partial charge in [-0.1, -0.05) is 84.9 Å². The zero-order chi connectivity index (χ0) is 17.1. The molecule has 120 valence electrons. The lowest BCUT2D eigenvalue weighted by molar-refractivity contribution is 0.481. The van der Waals surface area contributed by atoms with Gasteiger partial charge in [0.25, 0.3) is 0 Å². The second-order valence-electron chi connectivity index (χ2n) is 6.04. The molecule has 0 fully saturated rings. The van der Waals surface area contributed by atoms with Crippen LogP contribution in [-0.4, -0.2) is 5.11 Å². The first-order valence-corrected chi connectivity index (χ1v) is 8.35. The zero-order valence-corrected chi connectivity index (χ0v) is 13.8. The summed E-state index contributed by atoms with van der Waals surface area (Å²) < 4.78 is 0. The SMILES string of the molecule is Oc1cccc2ccccc12.c1ccc2cc3ccccc3cc2c1. The Labute approximate surface area is 146 Å². The van der Waals surface area contributed by atoms with Gasteiger partial charge in [0, 0.05) is 5.39 Å². The van der Waals surface area contributed by atoms with E-state index in [0.29, 0.717) is 5.75 Å². The average molecular weight is 322 g/mol. The second kappa shape index (κ2) is 6.66. The Hall–Kier alpha value is -3.32. The number of fused-ring (bicyclic) bond motifs is 3. The molecule has 0 saturated heterocycles. The normalized spacial score (nSPS) is 10.6. The molecule has 0 atom stereocenters. The Balaban J connectivity index is 0.000000129. The molecule has 0 aliphatic heterocycles. The molecule has 1 N–H and O–H groups in total. The molecule has 5 aromatic rings. The van der Waals surface area contributed by atoms with Crippen LogP contribution < -0.4 is 0 Å². The largest absolute Gasteiger partial charge is 0.507 e. The molecule has 25 heavy (non-hydrogen) atoms. The number of rotatable bonds is 0. The maximum Gasteiger partial charge on any atom is 0.123 e. The van der Waals surface area contributed by atoms with E-state index in [9.17, 15) is 5.11 Å². The summed E-state index contributed by atoms with van der Waals surface area (Å²) in [4.78, 5) is 0. The van der Waals surface area contributed by atoms with E-state index in [1.54, 1.807) is 6.07 Å². The van der Waals surface area contributed by atoms with Crippen LogP contribution in [0.3, 0.4) is 0 Å². The van der Waals surface area contributed by atoms with Gasteiger partial charge in [0.1, 0.15) is 5.75 Å². The minimum absolute atomic E-state index is 0.350. The molecule has 5 aromatic carbocycles. The third-order valence-corrected chi connectivity index (χ3v) is 4.38. The summed E-state index contributed by atoms with van der Waals surface area (Å²) in [7, 11) is 0. The van der Waals surface area contributed by atoms with Gasteiger partial charge in [-0.2, -0.15) is 0 Å². The van der Waals surface area contributed by atoms with Gasteiger partial charge < -0.3 is 5.11 Å². The third-order valence-electron chi connectivity index (χ3n) is 4.38. The van der Waals surface area contributed by atoms with E-state index < -0.39 is 0 Å². The molecular formula is C24H18O. The van der Waals surface area contributed by atoms with Crippen molar-refractivity contribution in [2.75, 3.05) is 0 Å². The van der Waals surface area contributed by atoms with Crippen molar-refractivity contribution in [1.82, 2.24) is 0 Å². The van der Waals surface area contributed by atoms with E-state index in [1.165, 1.54) is 21.5 Å². The highest BCUT2D eigenvalue weighted by molar-refractivity contribution is 5.98. The van der Waals surface area contributed by atoms with Gasteiger partial charge in [0.2, 0.25) is 0 Å². The van der Waals surface area contributed by atoms with Crippen molar-refractivity contribution in [2.24, 2.45) is 0 Å². The Morgan fingerprint density at radius 3 is 1.28 bits per heavy atom. The summed E-state index contributed by atoms with van der Waals surface area (Å²) in [5.41, 5.74) is 0. The number of hydrogen-bond acceptors (Lipinski definition) is 1. The van der Waals surface area contributed by atoms with Crippen molar-refractivity contribution >= 4 is 32.3 Å². The molecule has 0 heterocycles. The van der Waals surface area contributed by atoms with Gasteiger partial charge in [-0.15, -0.1) is 0 Å². The molecule has 1 nitrogen and oxygen atoms in total. The van der Waals surface area contributed by atoms with Crippen molar-refractivity contribution in [3.05, 3.63) is 103 Å². The van der Waals surface area contributed by atoms with E-state index >= 15 is 0 Å². The number of phenolic OH excluding ortho intramolecular Hbond substituents is 1. The summed E-state index contributed by atoms with van der Waals surface area (Å²) in [6.07, 6.45) is 0. The summed E-state index contributed by atoms with van der Waals surface area (Å²) >= 11 is 0. The smallest absolute Gasteiger partial charge is 0.123 e. The minimum Gasteiger partial charge on any atom is -0.507 e. The zero-order valence-electron chi connectivity index (χ0n) is 13.8. The first-order chi connectivity index (χ1) is 12.3. The average Bonchev–Trinajstić information content (AvgIpc) is 2.67. The standard InChI is InChI=1S/C14H10.C10H8O/c1-2-6-12-10-14-8-4-3-7-13(14)9-11(12)5-1;11-10-7-3-5-8-4-1-2-6-9(8)10/h1-10H;1-7,11H. The predicted octanol–water partition coefficient (Wildman–Crippen LogP) is 6.54. The van der Waals surface area contributed by atoms with Crippen LogP contribution in [0.25, 0.3) is 32.3 Å². The van der Waals surface area contributed by atoms with Crippen molar-refractivity contribution < 1.29 is 5.11 Å². The highest BCUT2D eigenvalue weighted by atomic mass is 16.3. The van der Waals surface area contributed by atoms with E-state index in [0.717, 1.165) is 10.8 Å². The lowest BCUT2D eigenvalue weighted by atomic mass is 10.0. The third kappa shape index (κ3) is 3.17. The van der Waals surface area contributed by atoms with Gasteiger partial charge in [-0.05, 0) is 45.1 Å². The molecule has 0 unspecified atom stereocenters. The predicted molar refractivity (Wildman–Crippen MR) is 107 cm³/mol. The Morgan fingerprint density at radius 2 is 0.800 bits per heavy atom. The molecule has 0 bridgehead atoms. The summed E-state index contributed by atoms with van der Waals surface area (Å²) in [5.74, 6) is 0.350. The van der Waals surface area contributed by atoms with Crippen molar-refractivity contribution in [2.45, 2.75) is 0 Å². The molecular weight excluding hydrogens is 304 g/mol. The van der Waals surface area contributed by atoms with Gasteiger partial charge in [0.15, 0.2) is 0 Å². The first-order valence-electron chi connectivity index (χ1n) is 8.35. The summed E-state index contributed by atoms with van der Waals surface area (Å²) in [6, 6.07) is 34.7. The van der Waals surface area contributed by atoms with Crippen LogP contribution in [-0.2, 0) is 0 Å². The summed E-state index contributed by atoms with van der Waals surface area (Å²) in [5, 5.41) is 16.6. The summed E-state index contributed by atoms with van der Waals surface area (Å²) in [6.45, 7) is 0. The molecule has 0 aliphatic rings. The lowest BCUT2D eigenvalue weighted by Gasteiger charge is -2.00. The number of aromatic hydroxyl groups is 1. The van der Waals surface area contributed by atoms with E-state index in [2.05, 4.69) is 60.7 Å². The van der Waals surface area contributed by atoms with E-state index in [4.69, 9.17) is 0 Å². The van der Waals surface area contributed by atoms with Crippen LogP contribution in [0.2, 0.25) is 0 Å². The van der Waals surface area contributed by atoms with Crippen LogP contribution in [0, 0.1) is 0 Å². The highest BCUT2D eigenvalue weighted by Gasteiger charge is 1.95. The van der Waals surface area contributed by atoms with E-state index in [1.807, 2.05) is 36.4 Å². The monoisotopic (exact) mass is 322 g/mol. The maximum atomic E-state index is 9.37. The van der Waals surface area contributed by atoms with Crippen LogP contribution in [0.1, 0.15) is 0 Å². The van der Waals surface area contributed by atoms with E-state index in [-0.39, 0.29) is 0 Å². The fourth-order valence-corrected chi connectivity index (χ4v) is 3.09. The van der Waals surface area contributed by atoms with Crippen molar-refractivity contribution in [3.8, 4) is 5.75 Å². The van der Waals surface area contributed by atoms with Gasteiger partial charge >= 0.3 is 0 Å². The molecule has 0 amide bonds. The molecule has 0 aromatic heterocycles. The Morgan fingerprint density at radius 1 is 0.400 bits per heavy atom. The number of benzene rings is 5. The van der Waals surface area contributed by atoms with Gasteiger partial charge in [-0.25, -0.2) is 0 Å².